The highest BCUT2D eigenvalue weighted by Gasteiger charge is 2.27. The second-order valence-electron chi connectivity index (χ2n) is 8.98. The highest BCUT2D eigenvalue weighted by Crippen LogP contribution is 2.27. The molecule has 9 nitrogen and oxygen atoms in total. The summed E-state index contributed by atoms with van der Waals surface area (Å²) in [7, 11) is 2.82. The number of rotatable bonds is 11. The average Bonchev–Trinajstić information content (AvgIpc) is 3.36. The van der Waals surface area contributed by atoms with E-state index in [1.165, 1.54) is 12.0 Å². The summed E-state index contributed by atoms with van der Waals surface area (Å²) in [6.45, 7) is 3.79. The van der Waals surface area contributed by atoms with Crippen molar-refractivity contribution in [3.8, 4) is 28.7 Å². The SMILES string of the molecule is COC(=O)CN(C(=O)Oc1ccc(OC)cc1)C(C)c1cccc(OCCc2nc(-c3ccccc3)oc2C)c1. The van der Waals surface area contributed by atoms with Gasteiger partial charge in [-0.3, -0.25) is 9.69 Å². The van der Waals surface area contributed by atoms with Crippen LogP contribution in [0.1, 0.15) is 30.0 Å². The van der Waals surface area contributed by atoms with Gasteiger partial charge in [0, 0.05) is 12.0 Å². The van der Waals surface area contributed by atoms with Gasteiger partial charge in [-0.15, -0.1) is 0 Å². The Balaban J connectivity index is 1.42. The van der Waals surface area contributed by atoms with E-state index in [4.69, 9.17) is 23.4 Å². The summed E-state index contributed by atoms with van der Waals surface area (Å²) < 4.78 is 27.3. The highest BCUT2D eigenvalue weighted by atomic mass is 16.6. The minimum absolute atomic E-state index is 0.285. The van der Waals surface area contributed by atoms with Crippen LogP contribution in [0.2, 0.25) is 0 Å². The first-order valence-corrected chi connectivity index (χ1v) is 12.8. The Kier molecular flexibility index (Phi) is 9.40. The zero-order valence-electron chi connectivity index (χ0n) is 23.0. The Morgan fingerprint density at radius 2 is 1.65 bits per heavy atom. The maximum Gasteiger partial charge on any atom is 0.416 e. The van der Waals surface area contributed by atoms with Gasteiger partial charge < -0.3 is 23.4 Å². The van der Waals surface area contributed by atoms with Crippen molar-refractivity contribution in [3.05, 3.63) is 95.9 Å². The highest BCUT2D eigenvalue weighted by molar-refractivity contribution is 5.79. The molecule has 0 radical (unpaired) electrons. The summed E-state index contributed by atoms with van der Waals surface area (Å²) in [6.07, 6.45) is -0.130. The summed E-state index contributed by atoms with van der Waals surface area (Å²) in [5.74, 6) is 2.34. The summed E-state index contributed by atoms with van der Waals surface area (Å²) in [4.78, 5) is 31.2. The topological polar surface area (TPSA) is 100 Å². The van der Waals surface area contributed by atoms with E-state index in [1.807, 2.05) is 61.5 Å². The molecule has 4 aromatic rings. The standard InChI is InChI=1S/C31H32N2O7/c1-21(33(20-29(34)37-4)31(35)40-26-15-13-25(36-3)14-16-26)24-11-8-12-27(19-24)38-18-17-28-22(2)39-30(32-28)23-9-6-5-7-10-23/h5-16,19,21H,17-18,20H2,1-4H3. The van der Waals surface area contributed by atoms with Gasteiger partial charge in [0.1, 0.15) is 29.6 Å². The van der Waals surface area contributed by atoms with E-state index in [9.17, 15) is 9.59 Å². The van der Waals surface area contributed by atoms with Gasteiger partial charge in [-0.2, -0.15) is 0 Å². The first-order chi connectivity index (χ1) is 19.4. The molecule has 0 aliphatic heterocycles. The van der Waals surface area contributed by atoms with E-state index in [0.717, 1.165) is 22.6 Å². The fourth-order valence-corrected chi connectivity index (χ4v) is 4.04. The van der Waals surface area contributed by atoms with Crippen LogP contribution in [0.15, 0.2) is 83.3 Å². The van der Waals surface area contributed by atoms with Crippen molar-refractivity contribution >= 4 is 12.1 Å². The molecule has 0 bridgehead atoms. The van der Waals surface area contributed by atoms with Crippen LogP contribution >= 0.6 is 0 Å². The van der Waals surface area contributed by atoms with Gasteiger partial charge in [-0.25, -0.2) is 9.78 Å². The first kappa shape index (κ1) is 28.2. The smallest absolute Gasteiger partial charge is 0.416 e. The molecule has 9 heteroatoms. The van der Waals surface area contributed by atoms with E-state index in [0.29, 0.717) is 36.2 Å². The number of carbonyl (C=O) groups excluding carboxylic acids is 2. The first-order valence-electron chi connectivity index (χ1n) is 12.8. The third-order valence-electron chi connectivity index (χ3n) is 6.36. The van der Waals surface area contributed by atoms with Crippen LogP contribution in [0.3, 0.4) is 0 Å². The van der Waals surface area contributed by atoms with Crippen molar-refractivity contribution in [2.45, 2.75) is 26.3 Å². The summed E-state index contributed by atoms with van der Waals surface area (Å²) in [6, 6.07) is 23.2. The number of carbonyl (C=O) groups is 2. The Bertz CT molecular complexity index is 1420. The van der Waals surface area contributed by atoms with Crippen molar-refractivity contribution in [3.63, 3.8) is 0 Å². The summed E-state index contributed by atoms with van der Waals surface area (Å²) in [5.41, 5.74) is 2.51. The molecule has 3 aromatic carbocycles. The normalized spacial score (nSPS) is 11.4. The number of hydrogen-bond donors (Lipinski definition) is 0. The van der Waals surface area contributed by atoms with Crippen LogP contribution in [-0.2, 0) is 16.0 Å². The second-order valence-corrected chi connectivity index (χ2v) is 8.98. The van der Waals surface area contributed by atoms with Gasteiger partial charge >= 0.3 is 12.1 Å². The minimum atomic E-state index is -0.690. The lowest BCUT2D eigenvalue weighted by Crippen LogP contribution is -2.40. The van der Waals surface area contributed by atoms with Crippen molar-refractivity contribution < 1.29 is 33.0 Å². The van der Waals surface area contributed by atoms with Crippen LogP contribution < -0.4 is 14.2 Å². The van der Waals surface area contributed by atoms with E-state index in [2.05, 4.69) is 4.98 Å². The minimum Gasteiger partial charge on any atom is -0.497 e. The quantitative estimate of drug-likeness (QED) is 0.212. The largest absolute Gasteiger partial charge is 0.497 e. The zero-order chi connectivity index (χ0) is 28.5. The lowest BCUT2D eigenvalue weighted by Gasteiger charge is -2.28. The van der Waals surface area contributed by atoms with Crippen molar-refractivity contribution in [2.24, 2.45) is 0 Å². The van der Waals surface area contributed by atoms with Gasteiger partial charge in [0.05, 0.1) is 32.6 Å². The van der Waals surface area contributed by atoms with Gasteiger partial charge in [0.25, 0.3) is 0 Å². The van der Waals surface area contributed by atoms with Crippen molar-refractivity contribution in [2.75, 3.05) is 27.4 Å². The number of amides is 1. The van der Waals surface area contributed by atoms with Crippen molar-refractivity contribution in [1.29, 1.82) is 0 Å². The second kappa shape index (κ2) is 13.3. The molecule has 4 rings (SSSR count). The van der Waals surface area contributed by atoms with Crippen LogP contribution in [0.25, 0.3) is 11.5 Å². The number of aromatic nitrogens is 1. The molecule has 0 saturated heterocycles. The monoisotopic (exact) mass is 544 g/mol. The third-order valence-corrected chi connectivity index (χ3v) is 6.36. The number of methoxy groups -OCH3 is 2. The molecular weight excluding hydrogens is 512 g/mol. The molecule has 1 atom stereocenters. The molecule has 0 N–H and O–H groups in total. The molecule has 0 aliphatic carbocycles. The van der Waals surface area contributed by atoms with E-state index in [-0.39, 0.29) is 6.54 Å². The van der Waals surface area contributed by atoms with Gasteiger partial charge in [-0.1, -0.05) is 30.3 Å². The van der Waals surface area contributed by atoms with Gasteiger partial charge in [-0.05, 0) is 67.9 Å². The molecule has 1 amide bonds. The number of aryl methyl sites for hydroxylation is 1. The maximum absolute atomic E-state index is 13.1. The average molecular weight is 545 g/mol. The number of nitrogens with zero attached hydrogens (tertiary/aromatic N) is 2. The molecule has 1 unspecified atom stereocenters. The number of esters is 1. The third kappa shape index (κ3) is 7.19. The molecule has 40 heavy (non-hydrogen) atoms. The number of benzene rings is 3. The Labute approximate surface area is 233 Å². The lowest BCUT2D eigenvalue weighted by atomic mass is 10.1. The number of ether oxygens (including phenoxy) is 4. The fourth-order valence-electron chi connectivity index (χ4n) is 4.04. The molecular formula is C31H32N2O7. The van der Waals surface area contributed by atoms with Gasteiger partial charge in [0.15, 0.2) is 0 Å². The molecule has 1 aromatic heterocycles. The van der Waals surface area contributed by atoms with Crippen LogP contribution in [0, 0.1) is 6.92 Å². The lowest BCUT2D eigenvalue weighted by molar-refractivity contribution is -0.141. The molecule has 0 saturated carbocycles. The van der Waals surface area contributed by atoms with Crippen LogP contribution in [0.4, 0.5) is 4.79 Å². The maximum atomic E-state index is 13.1. The van der Waals surface area contributed by atoms with E-state index >= 15 is 0 Å². The fraction of sp³-hybridized carbons (Fsp3) is 0.258. The van der Waals surface area contributed by atoms with Crippen LogP contribution in [0.5, 0.6) is 17.2 Å². The Hall–Kier alpha value is -4.79. The van der Waals surface area contributed by atoms with E-state index < -0.39 is 18.1 Å². The molecule has 0 aliphatic rings. The zero-order valence-corrected chi connectivity index (χ0v) is 23.0. The predicted molar refractivity (Wildman–Crippen MR) is 148 cm³/mol. The molecule has 0 fully saturated rings. The van der Waals surface area contributed by atoms with E-state index in [1.54, 1.807) is 38.3 Å². The van der Waals surface area contributed by atoms with Crippen LogP contribution in [-0.4, -0.2) is 49.3 Å². The number of hydrogen-bond acceptors (Lipinski definition) is 8. The summed E-state index contributed by atoms with van der Waals surface area (Å²) in [5, 5.41) is 0. The summed E-state index contributed by atoms with van der Waals surface area (Å²) >= 11 is 0. The molecule has 208 valence electrons. The molecule has 0 spiro atoms. The predicted octanol–water partition coefficient (Wildman–Crippen LogP) is 6.02. The number of oxazole rings is 1. The van der Waals surface area contributed by atoms with Gasteiger partial charge in [0.2, 0.25) is 5.89 Å². The Morgan fingerprint density at radius 1 is 0.925 bits per heavy atom. The molecule has 1 heterocycles. The van der Waals surface area contributed by atoms with Crippen molar-refractivity contribution in [1.82, 2.24) is 9.88 Å². The Morgan fingerprint density at radius 3 is 2.35 bits per heavy atom.